The van der Waals surface area contributed by atoms with Crippen molar-refractivity contribution in [1.29, 1.82) is 0 Å². The minimum Gasteiger partial charge on any atom is -0.378 e. The van der Waals surface area contributed by atoms with Crippen LogP contribution >= 0.6 is 0 Å². The monoisotopic (exact) mass is 367 g/mol. The summed E-state index contributed by atoms with van der Waals surface area (Å²) in [6.45, 7) is 6.78. The number of morpholine rings is 1. The first-order chi connectivity index (χ1) is 13.1. The van der Waals surface area contributed by atoms with Gasteiger partial charge in [0.05, 0.1) is 18.9 Å². The van der Waals surface area contributed by atoms with E-state index in [0.717, 1.165) is 36.6 Å². The van der Waals surface area contributed by atoms with Crippen LogP contribution in [0.5, 0.6) is 0 Å². The zero-order valence-corrected chi connectivity index (χ0v) is 15.8. The SMILES string of the molecule is C\C=C/C(=C\C=C\CC)c1cc2nc(C(N)=O)cc(N3CCOCC3)n2n1. The summed E-state index contributed by atoms with van der Waals surface area (Å²) in [4.78, 5) is 18.3. The van der Waals surface area contributed by atoms with Gasteiger partial charge in [-0.3, -0.25) is 4.79 Å². The van der Waals surface area contributed by atoms with Crippen LogP contribution in [0, 0.1) is 0 Å². The van der Waals surface area contributed by atoms with Gasteiger partial charge in [-0.1, -0.05) is 37.3 Å². The molecule has 3 rings (SSSR count). The molecule has 0 radical (unpaired) electrons. The normalized spacial score (nSPS) is 16.1. The third kappa shape index (κ3) is 4.25. The fourth-order valence-corrected chi connectivity index (χ4v) is 2.96. The molecule has 3 heterocycles. The third-order valence-corrected chi connectivity index (χ3v) is 4.29. The van der Waals surface area contributed by atoms with Crippen LogP contribution in [0.3, 0.4) is 0 Å². The van der Waals surface area contributed by atoms with Crippen LogP contribution in [0.2, 0.25) is 0 Å². The predicted molar refractivity (Wildman–Crippen MR) is 107 cm³/mol. The summed E-state index contributed by atoms with van der Waals surface area (Å²) in [6, 6.07) is 3.58. The minimum atomic E-state index is -0.551. The highest BCUT2D eigenvalue weighted by atomic mass is 16.5. The van der Waals surface area contributed by atoms with Gasteiger partial charge in [0, 0.05) is 30.8 Å². The Hall–Kier alpha value is -2.93. The Bertz CT molecular complexity index is 904. The molecule has 1 saturated heterocycles. The van der Waals surface area contributed by atoms with Crippen molar-refractivity contribution < 1.29 is 9.53 Å². The molecule has 0 unspecified atom stereocenters. The topological polar surface area (TPSA) is 85.8 Å². The molecule has 0 aliphatic carbocycles. The second kappa shape index (κ2) is 8.64. The van der Waals surface area contributed by atoms with Crippen LogP contribution in [0.15, 0.2) is 42.5 Å². The Kier molecular flexibility index (Phi) is 6.03. The maximum Gasteiger partial charge on any atom is 0.267 e. The molecule has 1 fully saturated rings. The van der Waals surface area contributed by atoms with Gasteiger partial charge in [0.1, 0.15) is 11.5 Å². The van der Waals surface area contributed by atoms with Gasteiger partial charge in [0.25, 0.3) is 5.91 Å². The lowest BCUT2D eigenvalue weighted by atomic mass is 10.1. The van der Waals surface area contributed by atoms with Gasteiger partial charge in [-0.2, -0.15) is 9.61 Å². The number of anilines is 1. The minimum absolute atomic E-state index is 0.234. The third-order valence-electron chi connectivity index (χ3n) is 4.29. The fraction of sp³-hybridized carbons (Fsp3) is 0.350. The number of fused-ring (bicyclic) bond motifs is 1. The number of carbonyl (C=O) groups excluding carboxylic acids is 1. The Balaban J connectivity index is 2.13. The van der Waals surface area contributed by atoms with E-state index in [0.29, 0.717) is 18.9 Å². The van der Waals surface area contributed by atoms with E-state index in [1.54, 1.807) is 10.6 Å². The summed E-state index contributed by atoms with van der Waals surface area (Å²) in [6.07, 6.45) is 11.1. The van der Waals surface area contributed by atoms with E-state index >= 15 is 0 Å². The summed E-state index contributed by atoms with van der Waals surface area (Å²) >= 11 is 0. The van der Waals surface area contributed by atoms with Crippen LogP contribution in [0.4, 0.5) is 5.82 Å². The molecule has 7 heteroatoms. The molecule has 2 aromatic rings. The van der Waals surface area contributed by atoms with E-state index in [2.05, 4.69) is 22.9 Å². The van der Waals surface area contributed by atoms with Gasteiger partial charge in [0.15, 0.2) is 5.65 Å². The van der Waals surface area contributed by atoms with E-state index < -0.39 is 5.91 Å². The summed E-state index contributed by atoms with van der Waals surface area (Å²) in [5.41, 5.74) is 8.08. The zero-order chi connectivity index (χ0) is 19.2. The second-order valence-electron chi connectivity index (χ2n) is 6.22. The van der Waals surface area contributed by atoms with Gasteiger partial charge >= 0.3 is 0 Å². The summed E-state index contributed by atoms with van der Waals surface area (Å²) in [5.74, 6) is 0.247. The van der Waals surface area contributed by atoms with Gasteiger partial charge in [0.2, 0.25) is 0 Å². The molecule has 2 aromatic heterocycles. The van der Waals surface area contributed by atoms with Crippen molar-refractivity contribution in [1.82, 2.24) is 14.6 Å². The molecule has 0 atom stereocenters. The second-order valence-corrected chi connectivity index (χ2v) is 6.22. The Morgan fingerprint density at radius 1 is 1.30 bits per heavy atom. The average molecular weight is 367 g/mol. The molecule has 0 bridgehead atoms. The average Bonchev–Trinajstić information content (AvgIpc) is 3.11. The molecule has 0 saturated carbocycles. The molecule has 7 nitrogen and oxygen atoms in total. The van der Waals surface area contributed by atoms with Crippen molar-refractivity contribution in [3.05, 3.63) is 53.9 Å². The summed E-state index contributed by atoms with van der Waals surface area (Å²) in [5, 5.41) is 4.75. The maximum atomic E-state index is 11.8. The van der Waals surface area contributed by atoms with Crippen LogP contribution in [-0.4, -0.2) is 46.8 Å². The Morgan fingerprint density at radius 3 is 2.74 bits per heavy atom. The van der Waals surface area contributed by atoms with Crippen molar-refractivity contribution in [2.75, 3.05) is 31.2 Å². The first-order valence-corrected chi connectivity index (χ1v) is 9.17. The van der Waals surface area contributed by atoms with Crippen LogP contribution in [0.25, 0.3) is 11.2 Å². The maximum absolute atomic E-state index is 11.8. The standard InChI is InChI=1S/C20H25N5O2/c1-3-5-6-8-15(7-4-2)16-13-18-22-17(20(21)26)14-19(25(18)23-16)24-9-11-27-12-10-24/h4-8,13-14H,3,9-12H2,1-2H3,(H2,21,26)/b6-5+,7-4-,15-8+. The highest BCUT2D eigenvalue weighted by Gasteiger charge is 2.19. The highest BCUT2D eigenvalue weighted by molar-refractivity contribution is 5.92. The number of hydrogen-bond donors (Lipinski definition) is 1. The number of hydrogen-bond acceptors (Lipinski definition) is 5. The van der Waals surface area contributed by atoms with Crippen molar-refractivity contribution in [2.24, 2.45) is 5.73 Å². The first kappa shape index (κ1) is 18.8. The van der Waals surface area contributed by atoms with E-state index in [-0.39, 0.29) is 5.69 Å². The van der Waals surface area contributed by atoms with Crippen LogP contribution in [0.1, 0.15) is 36.5 Å². The Morgan fingerprint density at radius 2 is 2.07 bits per heavy atom. The molecule has 1 amide bonds. The zero-order valence-electron chi connectivity index (χ0n) is 15.8. The van der Waals surface area contributed by atoms with Crippen LogP contribution < -0.4 is 10.6 Å². The molecular weight excluding hydrogens is 342 g/mol. The predicted octanol–water partition coefficient (Wildman–Crippen LogP) is 2.59. The molecule has 0 aromatic carbocycles. The number of carbonyl (C=O) groups is 1. The smallest absolute Gasteiger partial charge is 0.267 e. The number of allylic oxidation sites excluding steroid dienone is 6. The molecule has 2 N–H and O–H groups in total. The largest absolute Gasteiger partial charge is 0.378 e. The van der Waals surface area contributed by atoms with E-state index in [4.69, 9.17) is 15.6 Å². The molecule has 27 heavy (non-hydrogen) atoms. The molecular formula is C20H25N5O2. The van der Waals surface area contributed by atoms with Crippen molar-refractivity contribution in [3.63, 3.8) is 0 Å². The van der Waals surface area contributed by atoms with E-state index in [1.165, 1.54) is 0 Å². The highest BCUT2D eigenvalue weighted by Crippen LogP contribution is 2.23. The molecule has 142 valence electrons. The number of primary amides is 1. The van der Waals surface area contributed by atoms with E-state index in [1.807, 2.05) is 37.3 Å². The van der Waals surface area contributed by atoms with Crippen LogP contribution in [-0.2, 0) is 4.74 Å². The number of aromatic nitrogens is 3. The number of amides is 1. The lowest BCUT2D eigenvalue weighted by Crippen LogP contribution is -2.37. The summed E-state index contributed by atoms with van der Waals surface area (Å²) in [7, 11) is 0. The van der Waals surface area contributed by atoms with Gasteiger partial charge in [-0.05, 0) is 13.3 Å². The first-order valence-electron chi connectivity index (χ1n) is 9.17. The molecule has 0 spiro atoms. The Labute approximate surface area is 158 Å². The number of nitrogens with zero attached hydrogens (tertiary/aromatic N) is 4. The number of rotatable bonds is 6. The quantitative estimate of drug-likeness (QED) is 0.793. The molecule has 1 aliphatic heterocycles. The van der Waals surface area contributed by atoms with Gasteiger partial charge < -0.3 is 15.4 Å². The van der Waals surface area contributed by atoms with Gasteiger partial charge in [-0.15, -0.1) is 0 Å². The van der Waals surface area contributed by atoms with Gasteiger partial charge in [-0.25, -0.2) is 4.98 Å². The van der Waals surface area contributed by atoms with Crippen molar-refractivity contribution >= 4 is 22.9 Å². The number of ether oxygens (including phenoxy) is 1. The van der Waals surface area contributed by atoms with Crippen molar-refractivity contribution in [2.45, 2.75) is 20.3 Å². The summed E-state index contributed by atoms with van der Waals surface area (Å²) < 4.78 is 7.21. The molecule has 1 aliphatic rings. The number of nitrogens with two attached hydrogens (primary N) is 1. The van der Waals surface area contributed by atoms with Crippen molar-refractivity contribution in [3.8, 4) is 0 Å². The fourth-order valence-electron chi connectivity index (χ4n) is 2.96. The lowest BCUT2D eigenvalue weighted by Gasteiger charge is -2.29. The lowest BCUT2D eigenvalue weighted by molar-refractivity contribution is 0.0995. The van der Waals surface area contributed by atoms with E-state index in [9.17, 15) is 4.79 Å².